The molecule has 0 bridgehead atoms. The predicted molar refractivity (Wildman–Crippen MR) is 114 cm³/mol. The van der Waals surface area contributed by atoms with Crippen LogP contribution in [0.3, 0.4) is 0 Å². The molecule has 0 aliphatic carbocycles. The third-order valence-corrected chi connectivity index (χ3v) is 4.86. The van der Waals surface area contributed by atoms with Gasteiger partial charge in [0, 0.05) is 0 Å². The average molecular weight is 450 g/mol. The molecular formula is C19H13Cl2N3O4S. The fourth-order valence-corrected chi connectivity index (χ4v) is 3.07. The summed E-state index contributed by atoms with van der Waals surface area (Å²) >= 11 is 17.1. The summed E-state index contributed by atoms with van der Waals surface area (Å²) in [7, 11) is 0. The predicted octanol–water partition coefficient (Wildman–Crippen LogP) is 2.69. The van der Waals surface area contributed by atoms with Crippen LogP contribution in [0.4, 0.5) is 5.69 Å². The van der Waals surface area contributed by atoms with Gasteiger partial charge in [0.2, 0.25) is 0 Å². The molecule has 1 aliphatic rings. The van der Waals surface area contributed by atoms with Crippen LogP contribution in [0.2, 0.25) is 10.0 Å². The molecule has 0 spiro atoms. The van der Waals surface area contributed by atoms with Crippen LogP contribution >= 0.6 is 35.4 Å². The number of halogens is 2. The van der Waals surface area contributed by atoms with Crippen molar-refractivity contribution in [3.05, 3.63) is 63.6 Å². The van der Waals surface area contributed by atoms with Crippen LogP contribution in [0.15, 0.2) is 48.0 Å². The van der Waals surface area contributed by atoms with E-state index in [0.29, 0.717) is 22.0 Å². The second-order valence-corrected chi connectivity index (χ2v) is 7.08. The molecule has 1 heterocycles. The molecule has 0 radical (unpaired) electrons. The zero-order valence-corrected chi connectivity index (χ0v) is 17.0. The first-order valence-electron chi connectivity index (χ1n) is 8.14. The van der Waals surface area contributed by atoms with Crippen LogP contribution in [-0.2, 0) is 14.4 Å². The smallest absolute Gasteiger partial charge is 0.270 e. The number of hydrogen-bond acceptors (Lipinski definition) is 5. The molecule has 3 amide bonds. The van der Waals surface area contributed by atoms with Crippen LogP contribution in [0.25, 0.3) is 6.08 Å². The monoisotopic (exact) mass is 449 g/mol. The molecule has 3 rings (SSSR count). The van der Waals surface area contributed by atoms with Crippen LogP contribution < -0.4 is 20.7 Å². The Morgan fingerprint density at radius 2 is 1.83 bits per heavy atom. The van der Waals surface area contributed by atoms with Crippen molar-refractivity contribution in [3.63, 3.8) is 0 Å². The molecule has 1 saturated heterocycles. The summed E-state index contributed by atoms with van der Waals surface area (Å²) in [4.78, 5) is 37.2. The van der Waals surface area contributed by atoms with Crippen molar-refractivity contribution >= 4 is 70.0 Å². The Morgan fingerprint density at radius 3 is 2.45 bits per heavy atom. The number of nitrogens with zero attached hydrogens (tertiary/aromatic N) is 1. The lowest BCUT2D eigenvalue weighted by Crippen LogP contribution is -2.54. The highest BCUT2D eigenvalue weighted by Gasteiger charge is 2.34. The highest BCUT2D eigenvalue weighted by atomic mass is 35.5. The Kier molecular flexibility index (Phi) is 6.17. The number of carbonyl (C=O) groups excluding carboxylic acids is 3. The van der Waals surface area contributed by atoms with Crippen molar-refractivity contribution in [2.45, 2.75) is 0 Å². The molecule has 10 heteroatoms. The van der Waals surface area contributed by atoms with Gasteiger partial charge in [0.05, 0.1) is 15.7 Å². The summed E-state index contributed by atoms with van der Waals surface area (Å²) < 4.78 is 5.17. The fraction of sp³-hybridized carbons (Fsp3) is 0.0526. The Labute approximate surface area is 181 Å². The van der Waals surface area contributed by atoms with Gasteiger partial charge in [-0.25, -0.2) is 0 Å². The molecule has 2 aromatic carbocycles. The van der Waals surface area contributed by atoms with Gasteiger partial charge < -0.3 is 10.5 Å². The first-order chi connectivity index (χ1) is 13.8. The van der Waals surface area contributed by atoms with Gasteiger partial charge in [0.1, 0.15) is 11.3 Å². The molecule has 7 nitrogen and oxygen atoms in total. The van der Waals surface area contributed by atoms with E-state index in [1.165, 1.54) is 18.2 Å². The van der Waals surface area contributed by atoms with E-state index in [4.69, 9.17) is 45.9 Å². The third-order valence-electron chi connectivity index (χ3n) is 3.84. The van der Waals surface area contributed by atoms with E-state index >= 15 is 0 Å². The van der Waals surface area contributed by atoms with Crippen LogP contribution in [0, 0.1) is 0 Å². The van der Waals surface area contributed by atoms with Gasteiger partial charge in [-0.15, -0.1) is 0 Å². The number of nitrogens with one attached hydrogen (secondary N) is 1. The minimum absolute atomic E-state index is 0.0641. The first kappa shape index (κ1) is 20.8. The minimum atomic E-state index is -0.620. The Morgan fingerprint density at radius 1 is 1.14 bits per heavy atom. The van der Waals surface area contributed by atoms with Crippen LogP contribution in [0.1, 0.15) is 5.56 Å². The molecular weight excluding hydrogens is 437 g/mol. The van der Waals surface area contributed by atoms with Gasteiger partial charge >= 0.3 is 0 Å². The maximum atomic E-state index is 12.9. The van der Waals surface area contributed by atoms with Crippen molar-refractivity contribution < 1.29 is 19.1 Å². The highest BCUT2D eigenvalue weighted by Crippen LogP contribution is 2.29. The molecule has 3 N–H and O–H groups in total. The number of thiocarbonyl (C=S) groups is 1. The molecule has 1 fully saturated rings. The molecule has 29 heavy (non-hydrogen) atoms. The average Bonchev–Trinajstić information content (AvgIpc) is 2.67. The van der Waals surface area contributed by atoms with E-state index in [2.05, 4.69) is 5.32 Å². The lowest BCUT2D eigenvalue weighted by Gasteiger charge is -2.29. The summed E-state index contributed by atoms with van der Waals surface area (Å²) in [5.41, 5.74) is 5.85. The molecule has 2 aromatic rings. The molecule has 1 aliphatic heterocycles. The van der Waals surface area contributed by atoms with Gasteiger partial charge in [0.25, 0.3) is 17.7 Å². The number of anilines is 1. The van der Waals surface area contributed by atoms with Crippen molar-refractivity contribution in [3.8, 4) is 5.75 Å². The number of ether oxygens (including phenoxy) is 1. The minimum Gasteiger partial charge on any atom is -0.484 e. The summed E-state index contributed by atoms with van der Waals surface area (Å²) in [6.07, 6.45) is 1.42. The lowest BCUT2D eigenvalue weighted by atomic mass is 10.1. The summed E-state index contributed by atoms with van der Waals surface area (Å²) in [5.74, 6) is -1.40. The van der Waals surface area contributed by atoms with Gasteiger partial charge in [0.15, 0.2) is 11.7 Å². The molecule has 0 atom stereocenters. The topological polar surface area (TPSA) is 102 Å². The van der Waals surface area contributed by atoms with Gasteiger partial charge in [-0.05, 0) is 54.2 Å². The van der Waals surface area contributed by atoms with E-state index in [-0.39, 0.29) is 22.3 Å². The van der Waals surface area contributed by atoms with Crippen LogP contribution in [0.5, 0.6) is 5.75 Å². The summed E-state index contributed by atoms with van der Waals surface area (Å²) in [6, 6.07) is 11.0. The zero-order valence-electron chi connectivity index (χ0n) is 14.6. The van der Waals surface area contributed by atoms with E-state index in [0.717, 1.165) is 4.90 Å². The van der Waals surface area contributed by atoms with Crippen molar-refractivity contribution in [2.75, 3.05) is 11.5 Å². The maximum Gasteiger partial charge on any atom is 0.270 e. The number of amides is 3. The maximum absolute atomic E-state index is 12.9. The van der Waals surface area contributed by atoms with Crippen molar-refractivity contribution in [1.82, 2.24) is 5.32 Å². The lowest BCUT2D eigenvalue weighted by molar-refractivity contribution is -0.122. The number of primary amides is 1. The van der Waals surface area contributed by atoms with Crippen molar-refractivity contribution in [2.24, 2.45) is 5.73 Å². The number of carbonyl (C=O) groups is 3. The third kappa shape index (κ3) is 4.73. The zero-order chi connectivity index (χ0) is 21.1. The fourth-order valence-electron chi connectivity index (χ4n) is 2.50. The Balaban J connectivity index is 1.88. The first-order valence-corrected chi connectivity index (χ1v) is 9.30. The van der Waals surface area contributed by atoms with Gasteiger partial charge in [-0.2, -0.15) is 0 Å². The number of rotatable bonds is 5. The van der Waals surface area contributed by atoms with E-state index in [1.54, 1.807) is 30.3 Å². The molecule has 0 saturated carbocycles. The second-order valence-electron chi connectivity index (χ2n) is 5.88. The molecule has 148 valence electrons. The van der Waals surface area contributed by atoms with E-state index in [1.807, 2.05) is 0 Å². The summed E-state index contributed by atoms with van der Waals surface area (Å²) in [6.45, 7) is -0.253. The number of benzene rings is 2. The number of nitrogens with two attached hydrogens (primary N) is 1. The molecule has 0 aromatic heterocycles. The SMILES string of the molecule is NC(=O)COc1ccc(/C=C2\C(=O)NC(=S)N(c3ccc(Cl)c(Cl)c3)C2=O)cc1. The van der Waals surface area contributed by atoms with E-state index in [9.17, 15) is 14.4 Å². The standard InChI is InChI=1S/C19H13Cl2N3O4S/c20-14-6-3-11(8-15(14)21)24-18(27)13(17(26)23-19(24)29)7-10-1-4-12(5-2-10)28-9-16(22)25/h1-8H,9H2,(H2,22,25)(H,23,26,29)/b13-7+. The number of hydrogen-bond donors (Lipinski definition) is 2. The quantitative estimate of drug-likeness (QED) is 0.415. The van der Waals surface area contributed by atoms with Crippen molar-refractivity contribution in [1.29, 1.82) is 0 Å². The van der Waals surface area contributed by atoms with Gasteiger partial charge in [-0.1, -0.05) is 35.3 Å². The van der Waals surface area contributed by atoms with E-state index < -0.39 is 17.7 Å². The van der Waals surface area contributed by atoms with Crippen LogP contribution in [-0.4, -0.2) is 29.4 Å². The normalized spacial score (nSPS) is 15.4. The Hall–Kier alpha value is -2.94. The highest BCUT2D eigenvalue weighted by molar-refractivity contribution is 7.80. The largest absolute Gasteiger partial charge is 0.484 e. The second kappa shape index (κ2) is 8.60. The molecule has 0 unspecified atom stereocenters. The summed E-state index contributed by atoms with van der Waals surface area (Å²) in [5, 5.41) is 2.99. The Bertz CT molecular complexity index is 1050. The van der Waals surface area contributed by atoms with Gasteiger partial charge in [-0.3, -0.25) is 24.6 Å².